The van der Waals surface area contributed by atoms with Crippen LogP contribution in [0.2, 0.25) is 0 Å². The highest BCUT2D eigenvalue weighted by Gasteiger charge is 2.47. The van der Waals surface area contributed by atoms with E-state index in [1.807, 2.05) is 25.1 Å². The summed E-state index contributed by atoms with van der Waals surface area (Å²) < 4.78 is 43.3. The normalized spacial score (nSPS) is 20.0. The molecule has 1 heterocycles. The summed E-state index contributed by atoms with van der Waals surface area (Å²) in [6.45, 7) is 3.20. The minimum Gasteiger partial charge on any atom is -0.494 e. The van der Waals surface area contributed by atoms with Crippen molar-refractivity contribution in [3.05, 3.63) is 65.0 Å². The molecule has 0 saturated heterocycles. The molecule has 1 aliphatic heterocycles. The van der Waals surface area contributed by atoms with Crippen molar-refractivity contribution in [3.63, 3.8) is 0 Å². The number of nitrogens with one attached hydrogen (secondary N) is 1. The maximum Gasteiger partial charge on any atom is 0.150 e. The van der Waals surface area contributed by atoms with Crippen LogP contribution in [0, 0.1) is 5.82 Å². The standard InChI is InChI=1S/C25H32FNO3S/c1-2-16-31(28,29)17-4-15-30-22-10-5-19-11-14-27-24(23(19)18-22)25(12-3-13-25)20-6-8-21(26)9-7-20/h5-10,18,24,27H,2-4,11-17H2,1H3. The molecule has 0 radical (unpaired) electrons. The molecular formula is C25H32FNO3S. The molecule has 31 heavy (non-hydrogen) atoms. The van der Waals surface area contributed by atoms with Gasteiger partial charge in [-0.05, 0) is 79.6 Å². The molecule has 4 rings (SSSR count). The molecule has 0 aromatic heterocycles. The lowest BCUT2D eigenvalue weighted by molar-refractivity contribution is 0.164. The molecule has 1 fully saturated rings. The second-order valence-electron chi connectivity index (χ2n) is 8.87. The maximum atomic E-state index is 13.5. The van der Waals surface area contributed by atoms with Crippen LogP contribution in [0.15, 0.2) is 42.5 Å². The van der Waals surface area contributed by atoms with Crippen molar-refractivity contribution in [3.8, 4) is 5.75 Å². The van der Waals surface area contributed by atoms with Crippen molar-refractivity contribution in [2.45, 2.75) is 56.9 Å². The zero-order valence-corrected chi connectivity index (χ0v) is 19.0. The van der Waals surface area contributed by atoms with Crippen molar-refractivity contribution >= 4 is 9.84 Å². The topological polar surface area (TPSA) is 55.4 Å². The summed E-state index contributed by atoms with van der Waals surface area (Å²) >= 11 is 0. The minimum absolute atomic E-state index is 0.0181. The lowest BCUT2D eigenvalue weighted by Gasteiger charge is -2.50. The van der Waals surface area contributed by atoms with E-state index in [1.54, 1.807) is 12.1 Å². The SMILES string of the molecule is CCCS(=O)(=O)CCCOc1ccc2c(c1)C(C1(c3ccc(F)cc3)CCC1)NCC2. The smallest absolute Gasteiger partial charge is 0.150 e. The minimum atomic E-state index is -2.97. The number of hydrogen-bond donors (Lipinski definition) is 1. The van der Waals surface area contributed by atoms with Crippen molar-refractivity contribution in [1.29, 1.82) is 0 Å². The van der Waals surface area contributed by atoms with E-state index in [1.165, 1.54) is 23.1 Å². The molecule has 0 bridgehead atoms. The number of rotatable bonds is 9. The summed E-state index contributed by atoms with van der Waals surface area (Å²) in [5.74, 6) is 0.995. The molecule has 1 aliphatic carbocycles. The van der Waals surface area contributed by atoms with Gasteiger partial charge in [0.15, 0.2) is 0 Å². The zero-order valence-electron chi connectivity index (χ0n) is 18.2. The third-order valence-electron chi connectivity index (χ3n) is 6.77. The van der Waals surface area contributed by atoms with Crippen LogP contribution in [0.3, 0.4) is 0 Å². The van der Waals surface area contributed by atoms with Gasteiger partial charge in [0, 0.05) is 17.2 Å². The van der Waals surface area contributed by atoms with Crippen LogP contribution in [-0.2, 0) is 21.7 Å². The number of sulfone groups is 1. The van der Waals surface area contributed by atoms with E-state index < -0.39 is 9.84 Å². The molecule has 4 nitrogen and oxygen atoms in total. The summed E-state index contributed by atoms with van der Waals surface area (Å²) in [5, 5.41) is 3.73. The number of benzene rings is 2. The third kappa shape index (κ3) is 4.80. The molecule has 0 spiro atoms. The van der Waals surface area contributed by atoms with Crippen LogP contribution in [0.4, 0.5) is 4.39 Å². The number of hydrogen-bond acceptors (Lipinski definition) is 4. The Hall–Kier alpha value is -1.92. The van der Waals surface area contributed by atoms with Gasteiger partial charge in [0.05, 0.1) is 12.4 Å². The first-order chi connectivity index (χ1) is 14.9. The Balaban J connectivity index is 1.51. The Labute approximate surface area is 185 Å². The van der Waals surface area contributed by atoms with Crippen LogP contribution in [-0.4, -0.2) is 33.1 Å². The Kier molecular flexibility index (Phi) is 6.68. The molecule has 6 heteroatoms. The molecule has 0 amide bonds. The van der Waals surface area contributed by atoms with Gasteiger partial charge in [-0.25, -0.2) is 12.8 Å². The summed E-state index contributed by atoms with van der Waals surface area (Å²) in [6.07, 6.45) is 5.46. The van der Waals surface area contributed by atoms with Crippen molar-refractivity contribution in [2.75, 3.05) is 24.7 Å². The largest absolute Gasteiger partial charge is 0.494 e. The molecule has 2 aromatic carbocycles. The van der Waals surface area contributed by atoms with E-state index in [0.29, 0.717) is 19.4 Å². The molecule has 1 atom stereocenters. The maximum absolute atomic E-state index is 13.5. The summed E-state index contributed by atoms with van der Waals surface area (Å²) in [4.78, 5) is 0. The van der Waals surface area contributed by atoms with Crippen LogP contribution >= 0.6 is 0 Å². The van der Waals surface area contributed by atoms with Gasteiger partial charge < -0.3 is 10.1 Å². The monoisotopic (exact) mass is 445 g/mol. The summed E-state index contributed by atoms with van der Waals surface area (Å²) in [7, 11) is -2.97. The fourth-order valence-corrected chi connectivity index (χ4v) is 6.46. The van der Waals surface area contributed by atoms with E-state index in [4.69, 9.17) is 4.74 Å². The quantitative estimate of drug-likeness (QED) is 0.567. The van der Waals surface area contributed by atoms with Gasteiger partial charge in [0.2, 0.25) is 0 Å². The van der Waals surface area contributed by atoms with Gasteiger partial charge in [0.1, 0.15) is 21.4 Å². The van der Waals surface area contributed by atoms with E-state index in [2.05, 4.69) is 17.4 Å². The molecule has 2 aliphatic rings. The third-order valence-corrected chi connectivity index (χ3v) is 8.71. The first-order valence-corrected chi connectivity index (χ1v) is 13.2. The highest BCUT2D eigenvalue weighted by atomic mass is 32.2. The van der Waals surface area contributed by atoms with Gasteiger partial charge >= 0.3 is 0 Å². The second-order valence-corrected chi connectivity index (χ2v) is 11.2. The van der Waals surface area contributed by atoms with Gasteiger partial charge in [-0.2, -0.15) is 0 Å². The van der Waals surface area contributed by atoms with E-state index in [-0.39, 0.29) is 28.8 Å². The molecule has 1 unspecified atom stereocenters. The van der Waals surface area contributed by atoms with Crippen LogP contribution in [0.25, 0.3) is 0 Å². The Morgan fingerprint density at radius 3 is 2.58 bits per heavy atom. The van der Waals surface area contributed by atoms with Crippen molar-refractivity contribution in [2.24, 2.45) is 0 Å². The lowest BCUT2D eigenvalue weighted by Crippen LogP contribution is -2.49. The fraction of sp³-hybridized carbons (Fsp3) is 0.520. The zero-order chi connectivity index (χ0) is 21.9. The summed E-state index contributed by atoms with van der Waals surface area (Å²) in [5.41, 5.74) is 3.76. The lowest BCUT2D eigenvalue weighted by atomic mass is 9.58. The highest BCUT2D eigenvalue weighted by Crippen LogP contribution is 2.53. The van der Waals surface area contributed by atoms with Gasteiger partial charge in [-0.1, -0.05) is 31.5 Å². The van der Waals surface area contributed by atoms with Crippen LogP contribution in [0.1, 0.15) is 61.8 Å². The highest BCUT2D eigenvalue weighted by molar-refractivity contribution is 7.91. The molecule has 2 aromatic rings. The summed E-state index contributed by atoms with van der Waals surface area (Å²) in [6, 6.07) is 13.4. The predicted octanol–water partition coefficient (Wildman–Crippen LogP) is 4.73. The van der Waals surface area contributed by atoms with E-state index in [9.17, 15) is 12.8 Å². The molecule has 1 saturated carbocycles. The average molecular weight is 446 g/mol. The first-order valence-electron chi connectivity index (χ1n) is 11.4. The van der Waals surface area contributed by atoms with E-state index >= 15 is 0 Å². The molecule has 1 N–H and O–H groups in total. The van der Waals surface area contributed by atoms with Crippen LogP contribution < -0.4 is 10.1 Å². The Bertz CT molecular complexity index is 1000. The Morgan fingerprint density at radius 1 is 1.13 bits per heavy atom. The number of ether oxygens (including phenoxy) is 1. The van der Waals surface area contributed by atoms with Gasteiger partial charge in [-0.15, -0.1) is 0 Å². The second kappa shape index (κ2) is 9.29. The van der Waals surface area contributed by atoms with Gasteiger partial charge in [-0.3, -0.25) is 0 Å². The predicted molar refractivity (Wildman–Crippen MR) is 122 cm³/mol. The van der Waals surface area contributed by atoms with Crippen LogP contribution in [0.5, 0.6) is 5.75 Å². The average Bonchev–Trinajstić information content (AvgIpc) is 2.72. The Morgan fingerprint density at radius 2 is 1.90 bits per heavy atom. The number of halogens is 1. The van der Waals surface area contributed by atoms with Crippen molar-refractivity contribution < 1.29 is 17.5 Å². The molecule has 168 valence electrons. The fourth-order valence-electron chi connectivity index (χ4n) is 5.08. The van der Waals surface area contributed by atoms with Gasteiger partial charge in [0.25, 0.3) is 0 Å². The molecular weight excluding hydrogens is 413 g/mol. The van der Waals surface area contributed by atoms with Crippen molar-refractivity contribution in [1.82, 2.24) is 5.32 Å². The number of fused-ring (bicyclic) bond motifs is 1. The van der Waals surface area contributed by atoms with E-state index in [0.717, 1.165) is 31.6 Å². The first kappa shape index (κ1) is 22.3.